The van der Waals surface area contributed by atoms with Crippen molar-refractivity contribution in [1.82, 2.24) is 14.9 Å². The number of para-hydroxylation sites is 1. The number of likely N-dealkylation sites (N-methyl/N-ethyl adjacent to an activating group) is 1. The number of amides is 2. The van der Waals surface area contributed by atoms with E-state index < -0.39 is 6.04 Å². The second-order valence-electron chi connectivity index (χ2n) is 5.44. The molecule has 0 unspecified atom stereocenters. The molecular formula is C17H17ClN4O2. The maximum atomic E-state index is 12.8. The molecule has 2 heterocycles. The third kappa shape index (κ3) is 2.97. The quantitative estimate of drug-likeness (QED) is 0.854. The van der Waals surface area contributed by atoms with Crippen molar-refractivity contribution >= 4 is 29.1 Å². The van der Waals surface area contributed by atoms with E-state index in [1.165, 1.54) is 17.4 Å². The van der Waals surface area contributed by atoms with Crippen molar-refractivity contribution in [1.29, 1.82) is 0 Å². The number of hydrogen-bond acceptors (Lipinski definition) is 4. The van der Waals surface area contributed by atoms with Gasteiger partial charge in [-0.25, -0.2) is 9.97 Å². The molecule has 0 saturated carbocycles. The topological polar surface area (TPSA) is 66.4 Å². The summed E-state index contributed by atoms with van der Waals surface area (Å²) in [6.07, 6.45) is 3.23. The van der Waals surface area contributed by atoms with Crippen LogP contribution in [0.25, 0.3) is 0 Å². The summed E-state index contributed by atoms with van der Waals surface area (Å²) in [5, 5.41) is 0.186. The first-order valence-electron chi connectivity index (χ1n) is 7.76. The largest absolute Gasteiger partial charge is 0.325 e. The monoisotopic (exact) mass is 344 g/mol. The molecule has 124 valence electrons. The van der Waals surface area contributed by atoms with Crippen LogP contribution >= 0.6 is 11.6 Å². The highest BCUT2D eigenvalue weighted by Crippen LogP contribution is 2.25. The molecule has 1 fully saturated rings. The molecule has 1 aromatic carbocycles. The number of aromatic nitrogens is 2. The van der Waals surface area contributed by atoms with E-state index in [1.807, 2.05) is 37.3 Å². The van der Waals surface area contributed by atoms with Crippen molar-refractivity contribution in [3.63, 3.8) is 0 Å². The minimum atomic E-state index is -0.506. The number of nitrogens with zero attached hydrogens (tertiary/aromatic N) is 4. The van der Waals surface area contributed by atoms with Crippen molar-refractivity contribution in [2.24, 2.45) is 0 Å². The van der Waals surface area contributed by atoms with Crippen molar-refractivity contribution in [3.8, 4) is 0 Å². The Morgan fingerprint density at radius 1 is 1.38 bits per heavy atom. The lowest BCUT2D eigenvalue weighted by Gasteiger charge is -2.26. The second-order valence-corrected chi connectivity index (χ2v) is 5.85. The van der Waals surface area contributed by atoms with Crippen LogP contribution in [0.2, 0.25) is 5.02 Å². The lowest BCUT2D eigenvalue weighted by atomic mass is 10.2. The summed E-state index contributed by atoms with van der Waals surface area (Å²) in [4.78, 5) is 36.5. The van der Waals surface area contributed by atoms with E-state index in [1.54, 1.807) is 4.90 Å². The van der Waals surface area contributed by atoms with Crippen molar-refractivity contribution in [2.45, 2.75) is 19.4 Å². The van der Waals surface area contributed by atoms with Gasteiger partial charge in [0, 0.05) is 25.0 Å². The van der Waals surface area contributed by atoms with E-state index in [9.17, 15) is 9.59 Å². The van der Waals surface area contributed by atoms with Crippen LogP contribution in [0.3, 0.4) is 0 Å². The number of carbonyl (C=O) groups excluding carboxylic acids is 2. The summed E-state index contributed by atoms with van der Waals surface area (Å²) in [6, 6.07) is 8.95. The molecule has 24 heavy (non-hydrogen) atoms. The molecule has 0 aliphatic carbocycles. The number of halogens is 1. The van der Waals surface area contributed by atoms with E-state index in [0.29, 0.717) is 19.5 Å². The normalized spacial score (nSPS) is 17.2. The molecule has 7 heteroatoms. The van der Waals surface area contributed by atoms with Crippen LogP contribution in [0, 0.1) is 0 Å². The SMILES string of the molecule is CCN(C(=O)c1ncncc1Cl)[C@H]1CCN(c2ccccc2)C1=O. The van der Waals surface area contributed by atoms with Crippen LogP contribution in [0.1, 0.15) is 23.8 Å². The maximum Gasteiger partial charge on any atom is 0.274 e. The van der Waals surface area contributed by atoms with Gasteiger partial charge in [-0.3, -0.25) is 9.59 Å². The van der Waals surface area contributed by atoms with Crippen molar-refractivity contribution in [3.05, 3.63) is 53.6 Å². The molecule has 2 aromatic rings. The van der Waals surface area contributed by atoms with Crippen LogP contribution in [0.5, 0.6) is 0 Å². The molecule has 0 spiro atoms. The molecule has 0 bridgehead atoms. The lowest BCUT2D eigenvalue weighted by Crippen LogP contribution is -2.45. The fraction of sp³-hybridized carbons (Fsp3) is 0.294. The Bertz CT molecular complexity index is 753. The Kier molecular flexibility index (Phi) is 4.76. The molecule has 1 saturated heterocycles. The highest BCUT2D eigenvalue weighted by atomic mass is 35.5. The number of benzene rings is 1. The highest BCUT2D eigenvalue weighted by molar-refractivity contribution is 6.33. The van der Waals surface area contributed by atoms with Crippen LogP contribution in [0.15, 0.2) is 42.9 Å². The maximum absolute atomic E-state index is 12.8. The van der Waals surface area contributed by atoms with E-state index in [0.717, 1.165) is 5.69 Å². The van der Waals surface area contributed by atoms with Gasteiger partial charge in [-0.05, 0) is 25.5 Å². The molecule has 1 atom stereocenters. The molecule has 1 aliphatic rings. The van der Waals surface area contributed by atoms with Crippen molar-refractivity contribution < 1.29 is 9.59 Å². The Labute approximate surface area is 145 Å². The van der Waals surface area contributed by atoms with Gasteiger partial charge < -0.3 is 9.80 Å². The molecule has 6 nitrogen and oxygen atoms in total. The first-order valence-corrected chi connectivity index (χ1v) is 8.14. The van der Waals surface area contributed by atoms with E-state index in [2.05, 4.69) is 9.97 Å². The van der Waals surface area contributed by atoms with Gasteiger partial charge in [0.2, 0.25) is 5.91 Å². The molecule has 1 aromatic heterocycles. The smallest absolute Gasteiger partial charge is 0.274 e. The second kappa shape index (κ2) is 6.97. The fourth-order valence-corrected chi connectivity index (χ4v) is 3.12. The first kappa shape index (κ1) is 16.4. The van der Waals surface area contributed by atoms with Gasteiger partial charge in [0.05, 0.1) is 5.02 Å². The summed E-state index contributed by atoms with van der Waals surface area (Å²) < 4.78 is 0. The predicted molar refractivity (Wildman–Crippen MR) is 91.0 cm³/mol. The van der Waals surface area contributed by atoms with Crippen LogP contribution in [0.4, 0.5) is 5.69 Å². The number of hydrogen-bond donors (Lipinski definition) is 0. The summed E-state index contributed by atoms with van der Waals surface area (Å²) in [7, 11) is 0. The van der Waals surface area contributed by atoms with E-state index in [4.69, 9.17) is 11.6 Å². The summed E-state index contributed by atoms with van der Waals surface area (Å²) >= 11 is 6.02. The minimum Gasteiger partial charge on any atom is -0.325 e. The number of anilines is 1. The Morgan fingerprint density at radius 3 is 2.79 bits per heavy atom. The van der Waals surface area contributed by atoms with Crippen LogP contribution < -0.4 is 4.90 Å². The Morgan fingerprint density at radius 2 is 2.12 bits per heavy atom. The van der Waals surface area contributed by atoms with E-state index in [-0.39, 0.29) is 22.5 Å². The van der Waals surface area contributed by atoms with Crippen LogP contribution in [-0.4, -0.2) is 45.8 Å². The Balaban J connectivity index is 1.83. The minimum absolute atomic E-state index is 0.0819. The third-order valence-corrected chi connectivity index (χ3v) is 4.37. The summed E-state index contributed by atoms with van der Waals surface area (Å²) in [5.41, 5.74) is 0.966. The molecule has 0 N–H and O–H groups in total. The van der Waals surface area contributed by atoms with Gasteiger partial charge in [-0.2, -0.15) is 0 Å². The van der Waals surface area contributed by atoms with Gasteiger partial charge >= 0.3 is 0 Å². The van der Waals surface area contributed by atoms with Gasteiger partial charge in [0.25, 0.3) is 5.91 Å². The van der Waals surface area contributed by atoms with Gasteiger partial charge in [-0.15, -0.1) is 0 Å². The average Bonchev–Trinajstić information content (AvgIpc) is 2.98. The Hall–Kier alpha value is -2.47. The summed E-state index contributed by atoms with van der Waals surface area (Å²) in [6.45, 7) is 2.82. The lowest BCUT2D eigenvalue weighted by molar-refractivity contribution is -0.120. The fourth-order valence-electron chi connectivity index (χ4n) is 2.93. The number of carbonyl (C=O) groups is 2. The molecule has 0 radical (unpaired) electrons. The van der Waals surface area contributed by atoms with E-state index >= 15 is 0 Å². The molecule has 3 rings (SSSR count). The zero-order valence-electron chi connectivity index (χ0n) is 13.2. The average molecular weight is 345 g/mol. The zero-order chi connectivity index (χ0) is 17.1. The number of rotatable bonds is 4. The molecular weight excluding hydrogens is 328 g/mol. The van der Waals surface area contributed by atoms with Gasteiger partial charge in [0.1, 0.15) is 18.1 Å². The molecule has 1 aliphatic heterocycles. The van der Waals surface area contributed by atoms with Gasteiger partial charge in [-0.1, -0.05) is 29.8 Å². The van der Waals surface area contributed by atoms with Crippen LogP contribution in [-0.2, 0) is 4.79 Å². The predicted octanol–water partition coefficient (Wildman–Crippen LogP) is 2.40. The highest BCUT2D eigenvalue weighted by Gasteiger charge is 2.39. The standard InChI is InChI=1S/C17H17ClN4O2/c1-2-21(17(24)15-13(18)10-19-11-20-15)14-8-9-22(16(14)23)12-6-4-3-5-7-12/h3-7,10-11,14H,2,8-9H2,1H3/t14-/m0/s1. The van der Waals surface area contributed by atoms with Crippen molar-refractivity contribution in [2.75, 3.05) is 18.0 Å². The zero-order valence-corrected chi connectivity index (χ0v) is 14.0. The summed E-state index contributed by atoms with van der Waals surface area (Å²) in [5.74, 6) is -0.431. The van der Waals surface area contributed by atoms with Gasteiger partial charge in [0.15, 0.2) is 0 Å². The molecule has 2 amide bonds. The first-order chi connectivity index (χ1) is 11.6. The third-order valence-electron chi connectivity index (χ3n) is 4.09.